The Balaban J connectivity index is 2.18. The van der Waals surface area contributed by atoms with Gasteiger partial charge in [0.25, 0.3) is 0 Å². The van der Waals surface area contributed by atoms with Crippen molar-refractivity contribution in [3.63, 3.8) is 0 Å². The van der Waals surface area contributed by atoms with Gasteiger partial charge in [-0.2, -0.15) is 0 Å². The van der Waals surface area contributed by atoms with E-state index in [0.717, 1.165) is 18.0 Å². The fourth-order valence-corrected chi connectivity index (χ4v) is 1.82. The molecular weight excluding hydrogens is 266 g/mol. The van der Waals surface area contributed by atoms with Crippen molar-refractivity contribution in [1.82, 2.24) is 9.55 Å². The average molecular weight is 282 g/mol. The minimum atomic E-state index is 0.613. The highest BCUT2D eigenvalue weighted by Crippen LogP contribution is 2.28. The van der Waals surface area contributed by atoms with Crippen molar-refractivity contribution in [2.45, 2.75) is 6.54 Å². The molecule has 0 atom stereocenters. The summed E-state index contributed by atoms with van der Waals surface area (Å²) in [6.45, 7) is 1.34. The van der Waals surface area contributed by atoms with Crippen LogP contribution in [0.2, 0.25) is 5.02 Å². The van der Waals surface area contributed by atoms with Gasteiger partial charge in [-0.15, -0.1) is 0 Å². The number of ether oxygens (including phenoxy) is 2. The molecule has 0 bridgehead atoms. The molecule has 0 fully saturated rings. The predicted molar refractivity (Wildman–Crippen MR) is 75.4 cm³/mol. The largest absolute Gasteiger partial charge is 0.497 e. The number of aromatic nitrogens is 2. The Morgan fingerprint density at radius 1 is 1.37 bits per heavy atom. The van der Waals surface area contributed by atoms with Crippen LogP contribution in [0.15, 0.2) is 30.6 Å². The molecule has 0 aliphatic rings. The highest BCUT2D eigenvalue weighted by molar-refractivity contribution is 6.33. The number of imidazole rings is 1. The van der Waals surface area contributed by atoms with Crippen LogP contribution in [0.4, 0.5) is 11.6 Å². The summed E-state index contributed by atoms with van der Waals surface area (Å²) in [4.78, 5) is 4.26. The molecule has 5 nitrogen and oxygen atoms in total. The number of rotatable bonds is 6. The van der Waals surface area contributed by atoms with Gasteiger partial charge in [-0.3, -0.25) is 0 Å². The van der Waals surface area contributed by atoms with Gasteiger partial charge in [0.15, 0.2) is 0 Å². The molecule has 0 saturated carbocycles. The van der Waals surface area contributed by atoms with Crippen molar-refractivity contribution in [2.24, 2.45) is 0 Å². The average Bonchev–Trinajstić information content (AvgIpc) is 2.86. The second-order valence-electron chi connectivity index (χ2n) is 3.91. The Hall–Kier alpha value is -1.72. The maximum atomic E-state index is 6.15. The van der Waals surface area contributed by atoms with E-state index in [-0.39, 0.29) is 0 Å². The number of anilines is 2. The highest BCUT2D eigenvalue weighted by Gasteiger charge is 2.07. The Kier molecular flexibility index (Phi) is 4.65. The molecule has 1 aromatic heterocycles. The van der Waals surface area contributed by atoms with Crippen LogP contribution in [0.5, 0.6) is 5.75 Å². The summed E-state index contributed by atoms with van der Waals surface area (Å²) in [7, 11) is 3.29. The van der Waals surface area contributed by atoms with Gasteiger partial charge in [-0.25, -0.2) is 4.98 Å². The smallest absolute Gasteiger partial charge is 0.207 e. The van der Waals surface area contributed by atoms with E-state index in [9.17, 15) is 0 Å². The summed E-state index contributed by atoms with van der Waals surface area (Å²) < 4.78 is 12.2. The first-order valence-corrected chi connectivity index (χ1v) is 6.23. The predicted octanol–water partition coefficient (Wildman–Crippen LogP) is 2.94. The van der Waals surface area contributed by atoms with Gasteiger partial charge in [0, 0.05) is 32.1 Å². The lowest BCUT2D eigenvalue weighted by molar-refractivity contribution is 0.188. The molecule has 19 heavy (non-hydrogen) atoms. The topological polar surface area (TPSA) is 48.3 Å². The zero-order chi connectivity index (χ0) is 13.7. The molecule has 0 saturated heterocycles. The van der Waals surface area contributed by atoms with Crippen molar-refractivity contribution in [3.8, 4) is 5.75 Å². The Morgan fingerprint density at radius 3 is 2.95 bits per heavy atom. The van der Waals surface area contributed by atoms with E-state index in [1.54, 1.807) is 26.5 Å². The first-order valence-electron chi connectivity index (χ1n) is 5.85. The first-order chi connectivity index (χ1) is 9.24. The SMILES string of the molecule is COCCn1ccnc1Nc1cc(OC)ccc1Cl. The van der Waals surface area contributed by atoms with Crippen molar-refractivity contribution in [1.29, 1.82) is 0 Å². The van der Waals surface area contributed by atoms with Gasteiger partial charge in [-0.05, 0) is 12.1 Å². The number of hydrogen-bond donors (Lipinski definition) is 1. The Labute approximate surface area is 117 Å². The molecular formula is C13H16ClN3O2. The lowest BCUT2D eigenvalue weighted by atomic mass is 10.3. The van der Waals surface area contributed by atoms with Crippen LogP contribution < -0.4 is 10.1 Å². The first kappa shape index (κ1) is 13.7. The van der Waals surface area contributed by atoms with E-state index in [1.807, 2.05) is 22.9 Å². The third kappa shape index (κ3) is 3.39. The third-order valence-electron chi connectivity index (χ3n) is 2.67. The van der Waals surface area contributed by atoms with E-state index < -0.39 is 0 Å². The molecule has 102 valence electrons. The summed E-state index contributed by atoms with van der Waals surface area (Å²) in [5.41, 5.74) is 0.755. The quantitative estimate of drug-likeness (QED) is 0.884. The molecule has 0 aliphatic heterocycles. The molecule has 0 amide bonds. The second-order valence-corrected chi connectivity index (χ2v) is 4.32. The van der Waals surface area contributed by atoms with Gasteiger partial charge >= 0.3 is 0 Å². The summed E-state index contributed by atoms with van der Waals surface area (Å²) in [5, 5.41) is 3.80. The van der Waals surface area contributed by atoms with Crippen LogP contribution in [0.3, 0.4) is 0 Å². The number of halogens is 1. The third-order valence-corrected chi connectivity index (χ3v) is 3.00. The van der Waals surface area contributed by atoms with Gasteiger partial charge in [0.2, 0.25) is 5.95 Å². The van der Waals surface area contributed by atoms with Gasteiger partial charge in [-0.1, -0.05) is 11.6 Å². The van der Waals surface area contributed by atoms with Gasteiger partial charge < -0.3 is 19.4 Å². The van der Waals surface area contributed by atoms with Gasteiger partial charge in [0.1, 0.15) is 5.75 Å². The minimum absolute atomic E-state index is 0.613. The van der Waals surface area contributed by atoms with E-state index >= 15 is 0 Å². The van der Waals surface area contributed by atoms with Crippen LogP contribution in [0, 0.1) is 0 Å². The molecule has 1 aromatic carbocycles. The zero-order valence-electron chi connectivity index (χ0n) is 10.9. The van der Waals surface area contributed by atoms with Gasteiger partial charge in [0.05, 0.1) is 24.4 Å². The molecule has 6 heteroatoms. The van der Waals surface area contributed by atoms with Crippen molar-refractivity contribution in [2.75, 3.05) is 26.1 Å². The molecule has 2 aromatic rings. The maximum Gasteiger partial charge on any atom is 0.207 e. The second kappa shape index (κ2) is 6.45. The van der Waals surface area contributed by atoms with Crippen molar-refractivity contribution < 1.29 is 9.47 Å². The molecule has 0 unspecified atom stereocenters. The molecule has 0 spiro atoms. The summed E-state index contributed by atoms with van der Waals surface area (Å²) in [5.74, 6) is 1.45. The Bertz CT molecular complexity index is 542. The molecule has 1 N–H and O–H groups in total. The van der Waals surface area contributed by atoms with Crippen molar-refractivity contribution >= 4 is 23.2 Å². The normalized spacial score (nSPS) is 10.5. The summed E-state index contributed by atoms with van der Waals surface area (Å²) in [6, 6.07) is 5.42. The fourth-order valence-electron chi connectivity index (χ4n) is 1.65. The molecule has 1 heterocycles. The highest BCUT2D eigenvalue weighted by atomic mass is 35.5. The van der Waals surface area contributed by atoms with E-state index in [2.05, 4.69) is 10.3 Å². The Morgan fingerprint density at radius 2 is 2.21 bits per heavy atom. The number of nitrogens with zero attached hydrogens (tertiary/aromatic N) is 2. The standard InChI is InChI=1S/C13H16ClN3O2/c1-18-8-7-17-6-5-15-13(17)16-12-9-10(19-2)3-4-11(12)14/h3-6,9H,7-8H2,1-2H3,(H,15,16). The zero-order valence-corrected chi connectivity index (χ0v) is 11.6. The number of hydrogen-bond acceptors (Lipinski definition) is 4. The van der Waals surface area contributed by atoms with E-state index in [1.165, 1.54) is 0 Å². The van der Waals surface area contributed by atoms with Crippen molar-refractivity contribution in [3.05, 3.63) is 35.6 Å². The van der Waals surface area contributed by atoms with Crippen LogP contribution in [0.1, 0.15) is 0 Å². The molecule has 0 aliphatic carbocycles. The van der Waals surface area contributed by atoms with E-state index in [4.69, 9.17) is 21.1 Å². The minimum Gasteiger partial charge on any atom is -0.497 e. The van der Waals surface area contributed by atoms with Crippen LogP contribution in [-0.2, 0) is 11.3 Å². The molecule has 2 rings (SSSR count). The maximum absolute atomic E-state index is 6.15. The van der Waals surface area contributed by atoms with Crippen LogP contribution in [0.25, 0.3) is 0 Å². The number of methoxy groups -OCH3 is 2. The number of nitrogens with one attached hydrogen (secondary N) is 1. The summed E-state index contributed by atoms with van der Waals surface area (Å²) >= 11 is 6.15. The lowest BCUT2D eigenvalue weighted by Gasteiger charge is -2.11. The summed E-state index contributed by atoms with van der Waals surface area (Å²) in [6.07, 6.45) is 3.61. The lowest BCUT2D eigenvalue weighted by Crippen LogP contribution is -2.07. The molecule has 0 radical (unpaired) electrons. The number of benzene rings is 1. The van der Waals surface area contributed by atoms with E-state index in [0.29, 0.717) is 17.6 Å². The fraction of sp³-hybridized carbons (Fsp3) is 0.308. The van der Waals surface area contributed by atoms with Crippen LogP contribution in [-0.4, -0.2) is 30.4 Å². The van der Waals surface area contributed by atoms with Crippen LogP contribution >= 0.6 is 11.6 Å². The monoisotopic (exact) mass is 281 g/mol.